The summed E-state index contributed by atoms with van der Waals surface area (Å²) in [4.78, 5) is 17.3. The second-order valence-corrected chi connectivity index (χ2v) is 8.31. The van der Waals surface area contributed by atoms with E-state index in [-0.39, 0.29) is 5.69 Å². The third-order valence-corrected chi connectivity index (χ3v) is 6.15. The molecule has 3 heterocycles. The van der Waals surface area contributed by atoms with Crippen molar-refractivity contribution < 1.29 is 9.13 Å². The Balaban J connectivity index is 1.61. The number of fused-ring (bicyclic) bond motifs is 1. The molecule has 0 bridgehead atoms. The maximum absolute atomic E-state index is 14.6. The second kappa shape index (κ2) is 8.32. The number of methoxy groups -OCH3 is 1. The minimum absolute atomic E-state index is 0.133. The molecule has 0 saturated carbocycles. The quantitative estimate of drug-likeness (QED) is 0.517. The van der Waals surface area contributed by atoms with E-state index < -0.39 is 11.4 Å². The number of aryl methyl sites for hydroxylation is 1. The summed E-state index contributed by atoms with van der Waals surface area (Å²) >= 11 is 0. The lowest BCUT2D eigenvalue weighted by molar-refractivity contribution is 0.312. The molecule has 4 aromatic rings. The number of H-pyrrole nitrogens is 1. The predicted octanol–water partition coefficient (Wildman–Crippen LogP) is 2.98. The summed E-state index contributed by atoms with van der Waals surface area (Å²) in [6.45, 7) is 5.64. The van der Waals surface area contributed by atoms with Crippen LogP contribution in [-0.2, 0) is 0 Å². The topological polar surface area (TPSA) is 79.3 Å². The van der Waals surface area contributed by atoms with Crippen LogP contribution in [0.15, 0.2) is 47.3 Å². The first-order valence-corrected chi connectivity index (χ1v) is 10.8. The number of nitrogens with one attached hydrogen (secondary N) is 1. The van der Waals surface area contributed by atoms with Gasteiger partial charge >= 0.3 is 0 Å². The van der Waals surface area contributed by atoms with Crippen LogP contribution in [0.25, 0.3) is 28.0 Å². The number of likely N-dealkylation sites (N-methyl/N-ethyl adjacent to an activating group) is 1. The van der Waals surface area contributed by atoms with E-state index in [0.717, 1.165) is 42.1 Å². The van der Waals surface area contributed by atoms with Gasteiger partial charge in [0, 0.05) is 49.6 Å². The zero-order chi connectivity index (χ0) is 23.1. The average Bonchev–Trinajstić information content (AvgIpc) is 3.21. The first kappa shape index (κ1) is 21.1. The van der Waals surface area contributed by atoms with E-state index in [1.807, 2.05) is 18.2 Å². The number of halogens is 1. The van der Waals surface area contributed by atoms with Crippen molar-refractivity contribution in [2.24, 2.45) is 0 Å². The smallest absolute Gasteiger partial charge is 0.273 e. The summed E-state index contributed by atoms with van der Waals surface area (Å²) in [6.07, 6.45) is 0. The highest BCUT2D eigenvalue weighted by molar-refractivity contribution is 5.91. The van der Waals surface area contributed by atoms with E-state index in [1.54, 1.807) is 26.2 Å². The SMILES string of the molecule is COc1cc(N2CCN(C)CC2)ccc1-c1n[nH]c2cc(=O)n(-c3c(C)cccc3F)nc12. The maximum Gasteiger partial charge on any atom is 0.273 e. The summed E-state index contributed by atoms with van der Waals surface area (Å²) in [7, 11) is 3.74. The summed E-state index contributed by atoms with van der Waals surface area (Å²) in [5.74, 6) is 0.143. The van der Waals surface area contributed by atoms with E-state index in [4.69, 9.17) is 4.74 Å². The number of benzene rings is 2. The summed E-state index contributed by atoms with van der Waals surface area (Å²) < 4.78 is 21.4. The van der Waals surface area contributed by atoms with Gasteiger partial charge in [-0.2, -0.15) is 14.9 Å². The zero-order valence-corrected chi connectivity index (χ0v) is 18.8. The van der Waals surface area contributed by atoms with Gasteiger partial charge in [-0.05, 0) is 37.7 Å². The van der Waals surface area contributed by atoms with Crippen molar-refractivity contribution in [1.82, 2.24) is 24.9 Å². The molecule has 8 nitrogen and oxygen atoms in total. The van der Waals surface area contributed by atoms with Crippen LogP contribution < -0.4 is 15.2 Å². The Labute approximate surface area is 190 Å². The Bertz CT molecular complexity index is 1370. The highest BCUT2D eigenvalue weighted by Gasteiger charge is 2.20. The maximum atomic E-state index is 14.6. The number of hydrogen-bond acceptors (Lipinski definition) is 6. The molecule has 1 fully saturated rings. The fourth-order valence-corrected chi connectivity index (χ4v) is 4.26. The third-order valence-electron chi connectivity index (χ3n) is 6.15. The molecule has 0 unspecified atom stereocenters. The largest absolute Gasteiger partial charge is 0.496 e. The summed E-state index contributed by atoms with van der Waals surface area (Å²) in [5, 5.41) is 11.8. The fraction of sp³-hybridized carbons (Fsp3) is 0.292. The van der Waals surface area contributed by atoms with Gasteiger partial charge in [0.1, 0.15) is 28.5 Å². The fourth-order valence-electron chi connectivity index (χ4n) is 4.26. The highest BCUT2D eigenvalue weighted by Crippen LogP contribution is 2.35. The first-order valence-electron chi connectivity index (χ1n) is 10.8. The number of rotatable bonds is 4. The molecule has 0 radical (unpaired) electrons. The van der Waals surface area contributed by atoms with Crippen LogP contribution >= 0.6 is 0 Å². The molecular weight excluding hydrogens is 423 g/mol. The standard InChI is InChI=1S/C24H25FN6O2/c1-15-5-4-6-18(25)24(15)31-21(32)14-19-23(28-31)22(27-26-19)17-8-7-16(13-20(17)33-3)30-11-9-29(2)10-12-30/h4-8,13-14,26H,9-12H2,1-3H3. The van der Waals surface area contributed by atoms with Gasteiger partial charge in [-0.25, -0.2) is 4.39 Å². The van der Waals surface area contributed by atoms with E-state index in [2.05, 4.69) is 32.1 Å². The number of para-hydroxylation sites is 1. The van der Waals surface area contributed by atoms with Crippen molar-refractivity contribution in [3.8, 4) is 22.7 Å². The molecule has 1 saturated heterocycles. The van der Waals surface area contributed by atoms with E-state index in [1.165, 1.54) is 12.1 Å². The molecular formula is C24H25FN6O2. The Morgan fingerprint density at radius 3 is 2.61 bits per heavy atom. The molecule has 0 spiro atoms. The molecule has 33 heavy (non-hydrogen) atoms. The summed E-state index contributed by atoms with van der Waals surface area (Å²) in [6, 6.07) is 12.0. The molecule has 0 atom stereocenters. The Morgan fingerprint density at radius 2 is 1.88 bits per heavy atom. The van der Waals surface area contributed by atoms with Gasteiger partial charge in [0.25, 0.3) is 5.56 Å². The van der Waals surface area contributed by atoms with Crippen LogP contribution in [0, 0.1) is 12.7 Å². The van der Waals surface area contributed by atoms with Gasteiger partial charge < -0.3 is 14.5 Å². The lowest BCUT2D eigenvalue weighted by Crippen LogP contribution is -2.44. The van der Waals surface area contributed by atoms with Gasteiger partial charge in [-0.15, -0.1) is 0 Å². The van der Waals surface area contributed by atoms with Crippen LogP contribution in [0.3, 0.4) is 0 Å². The molecule has 1 aliphatic rings. The molecule has 0 amide bonds. The monoisotopic (exact) mass is 448 g/mol. The van der Waals surface area contributed by atoms with Gasteiger partial charge in [-0.3, -0.25) is 9.89 Å². The highest BCUT2D eigenvalue weighted by atomic mass is 19.1. The third kappa shape index (κ3) is 3.74. The van der Waals surface area contributed by atoms with Crippen LogP contribution in [0.1, 0.15) is 5.56 Å². The number of aromatic amines is 1. The predicted molar refractivity (Wildman–Crippen MR) is 126 cm³/mol. The minimum Gasteiger partial charge on any atom is -0.496 e. The Kier molecular flexibility index (Phi) is 5.33. The number of anilines is 1. The molecule has 9 heteroatoms. The van der Waals surface area contributed by atoms with Crippen LogP contribution in [0.5, 0.6) is 5.75 Å². The number of aromatic nitrogens is 4. The number of piperazine rings is 1. The Morgan fingerprint density at radius 1 is 1.09 bits per heavy atom. The molecule has 1 aliphatic heterocycles. The average molecular weight is 449 g/mol. The van der Waals surface area contributed by atoms with E-state index in [0.29, 0.717) is 28.0 Å². The minimum atomic E-state index is -0.511. The van der Waals surface area contributed by atoms with Crippen molar-refractivity contribution in [2.45, 2.75) is 6.92 Å². The molecule has 0 aliphatic carbocycles. The lowest BCUT2D eigenvalue weighted by Gasteiger charge is -2.34. The molecule has 170 valence electrons. The molecule has 2 aromatic heterocycles. The molecule has 2 aromatic carbocycles. The van der Waals surface area contributed by atoms with E-state index >= 15 is 0 Å². The Hall–Kier alpha value is -3.72. The van der Waals surface area contributed by atoms with Crippen LogP contribution in [0.2, 0.25) is 0 Å². The van der Waals surface area contributed by atoms with E-state index in [9.17, 15) is 9.18 Å². The lowest BCUT2D eigenvalue weighted by atomic mass is 10.1. The van der Waals surface area contributed by atoms with Gasteiger partial charge in [0.15, 0.2) is 0 Å². The van der Waals surface area contributed by atoms with Crippen LogP contribution in [0.4, 0.5) is 10.1 Å². The van der Waals surface area contributed by atoms with Gasteiger partial charge in [0.2, 0.25) is 0 Å². The normalized spacial score (nSPS) is 14.7. The van der Waals surface area contributed by atoms with Crippen LogP contribution in [-0.4, -0.2) is 65.2 Å². The number of ether oxygens (including phenoxy) is 1. The van der Waals surface area contributed by atoms with Crippen molar-refractivity contribution in [2.75, 3.05) is 45.2 Å². The first-order chi connectivity index (χ1) is 16.0. The van der Waals surface area contributed by atoms with Crippen molar-refractivity contribution in [1.29, 1.82) is 0 Å². The van der Waals surface area contributed by atoms with Crippen molar-refractivity contribution in [3.05, 3.63) is 64.2 Å². The molecule has 5 rings (SSSR count). The number of hydrogen-bond donors (Lipinski definition) is 1. The summed E-state index contributed by atoms with van der Waals surface area (Å²) in [5.41, 5.74) is 3.60. The number of nitrogens with zero attached hydrogens (tertiary/aromatic N) is 5. The molecule has 1 N–H and O–H groups in total. The zero-order valence-electron chi connectivity index (χ0n) is 18.8. The van der Waals surface area contributed by atoms with Gasteiger partial charge in [-0.1, -0.05) is 12.1 Å². The second-order valence-electron chi connectivity index (χ2n) is 8.31. The van der Waals surface area contributed by atoms with Gasteiger partial charge in [0.05, 0.1) is 12.6 Å². The van der Waals surface area contributed by atoms with Crippen molar-refractivity contribution >= 4 is 16.7 Å². The van der Waals surface area contributed by atoms with Crippen molar-refractivity contribution in [3.63, 3.8) is 0 Å².